The maximum Gasteiger partial charge on any atom is 0.248 e. The van der Waals surface area contributed by atoms with Crippen LogP contribution in [0, 0.1) is 0 Å². The Morgan fingerprint density at radius 2 is 1.70 bits per heavy atom. The minimum atomic E-state index is -1.82. The first kappa shape index (κ1) is 16.2. The van der Waals surface area contributed by atoms with Gasteiger partial charge in [0.1, 0.15) is 0 Å². The summed E-state index contributed by atoms with van der Waals surface area (Å²) in [5, 5.41) is 4.12. The fourth-order valence-corrected chi connectivity index (χ4v) is 5.87. The molecule has 4 heteroatoms. The van der Waals surface area contributed by atoms with Crippen molar-refractivity contribution in [2.75, 3.05) is 0 Å². The lowest BCUT2D eigenvalue weighted by molar-refractivity contribution is -0.195. The van der Waals surface area contributed by atoms with Crippen LogP contribution in [-0.2, 0) is 9.32 Å². The molecule has 0 saturated carbocycles. The van der Waals surface area contributed by atoms with E-state index in [1.807, 2.05) is 6.07 Å². The molecule has 3 rings (SSSR count). The first-order valence-electron chi connectivity index (χ1n) is 8.62. The lowest BCUT2D eigenvalue weighted by atomic mass is 9.94. The molecule has 1 saturated heterocycles. The molecule has 3 nitrogen and oxygen atoms in total. The fourth-order valence-electron chi connectivity index (χ4n) is 3.33. The highest BCUT2D eigenvalue weighted by molar-refractivity contribution is 6.73. The zero-order valence-electron chi connectivity index (χ0n) is 14.2. The summed E-state index contributed by atoms with van der Waals surface area (Å²) in [5.74, 6) is 0.121. The van der Waals surface area contributed by atoms with E-state index in [0.29, 0.717) is 6.42 Å². The topological polar surface area (TPSA) is 29.5 Å². The Morgan fingerprint density at radius 3 is 2.30 bits per heavy atom. The second kappa shape index (κ2) is 6.46. The second-order valence-corrected chi connectivity index (χ2v) is 11.1. The van der Waals surface area contributed by atoms with E-state index < -0.39 is 8.32 Å². The van der Waals surface area contributed by atoms with Crippen LogP contribution < -0.4 is 0 Å². The normalized spacial score (nSPS) is 18.3. The molecule has 1 amide bonds. The number of carbonyl (C=O) groups is 1. The minimum Gasteiger partial charge on any atom is -0.316 e. The maximum absolute atomic E-state index is 12.1. The summed E-state index contributed by atoms with van der Waals surface area (Å²) in [4.78, 5) is 12.1. The van der Waals surface area contributed by atoms with Crippen molar-refractivity contribution in [2.45, 2.75) is 51.4 Å². The largest absolute Gasteiger partial charge is 0.316 e. The van der Waals surface area contributed by atoms with Crippen molar-refractivity contribution in [3.8, 4) is 0 Å². The highest BCUT2D eigenvalue weighted by Gasteiger charge is 2.44. The van der Waals surface area contributed by atoms with Crippen molar-refractivity contribution in [2.24, 2.45) is 0 Å². The smallest absolute Gasteiger partial charge is 0.248 e. The van der Waals surface area contributed by atoms with Crippen LogP contribution in [0.3, 0.4) is 0 Å². The number of carbonyl (C=O) groups excluding carboxylic acids is 1. The van der Waals surface area contributed by atoms with Gasteiger partial charge in [0, 0.05) is 0 Å². The van der Waals surface area contributed by atoms with Crippen molar-refractivity contribution >= 4 is 25.0 Å². The predicted molar refractivity (Wildman–Crippen MR) is 96.4 cm³/mol. The number of benzene rings is 2. The fraction of sp³-hybridized carbons (Fsp3) is 0.421. The third-order valence-electron chi connectivity index (χ3n) is 5.28. The Hall–Kier alpha value is -1.65. The Labute approximate surface area is 139 Å². The first-order chi connectivity index (χ1) is 11.1. The van der Waals surface area contributed by atoms with E-state index in [9.17, 15) is 4.79 Å². The SMILES string of the molecule is CC[Si](CC)(CC)ON1C(=O)CC1c1ccc2ccccc2c1. The third kappa shape index (κ3) is 2.93. The molecule has 1 fully saturated rings. The molecule has 2 aromatic rings. The summed E-state index contributed by atoms with van der Waals surface area (Å²) >= 11 is 0. The molecular formula is C19H25NO2Si. The molecular weight excluding hydrogens is 302 g/mol. The number of hydroxylamine groups is 2. The van der Waals surface area contributed by atoms with E-state index in [0.717, 1.165) is 18.1 Å². The molecule has 1 atom stereocenters. The molecule has 0 spiro atoms. The Balaban J connectivity index is 1.85. The molecule has 0 N–H and O–H groups in total. The zero-order chi connectivity index (χ0) is 16.4. The number of fused-ring (bicyclic) bond motifs is 1. The van der Waals surface area contributed by atoms with Gasteiger partial charge in [0.2, 0.25) is 14.2 Å². The quantitative estimate of drug-likeness (QED) is 0.549. The van der Waals surface area contributed by atoms with Gasteiger partial charge in [-0.15, -0.1) is 0 Å². The van der Waals surface area contributed by atoms with Gasteiger partial charge in [0.15, 0.2) is 0 Å². The van der Waals surface area contributed by atoms with Gasteiger partial charge in [-0.05, 0) is 40.5 Å². The Bertz CT molecular complexity index is 703. The van der Waals surface area contributed by atoms with Crippen LogP contribution in [0.15, 0.2) is 42.5 Å². The summed E-state index contributed by atoms with van der Waals surface area (Å²) in [5.41, 5.74) is 1.18. The molecule has 122 valence electrons. The number of β-lactam (4-membered cyclic amide) rings is 1. The highest BCUT2D eigenvalue weighted by atomic mass is 28.4. The molecule has 1 heterocycles. The van der Waals surface area contributed by atoms with E-state index in [1.54, 1.807) is 5.06 Å². The molecule has 23 heavy (non-hydrogen) atoms. The average molecular weight is 328 g/mol. The van der Waals surface area contributed by atoms with Gasteiger partial charge < -0.3 is 4.53 Å². The van der Waals surface area contributed by atoms with Crippen molar-refractivity contribution in [3.63, 3.8) is 0 Å². The van der Waals surface area contributed by atoms with Gasteiger partial charge in [-0.1, -0.05) is 57.2 Å². The number of hydrogen-bond acceptors (Lipinski definition) is 2. The molecule has 2 aromatic carbocycles. The van der Waals surface area contributed by atoms with Gasteiger partial charge in [-0.3, -0.25) is 4.79 Å². The summed E-state index contributed by atoms with van der Waals surface area (Å²) in [6.07, 6.45) is 0.556. The van der Waals surface area contributed by atoms with Gasteiger partial charge in [0.05, 0.1) is 12.5 Å². The number of nitrogens with zero attached hydrogens (tertiary/aromatic N) is 1. The van der Waals surface area contributed by atoms with Crippen LogP contribution in [0.1, 0.15) is 38.8 Å². The van der Waals surface area contributed by atoms with Gasteiger partial charge in [-0.2, -0.15) is 0 Å². The molecule has 1 aliphatic heterocycles. The van der Waals surface area contributed by atoms with E-state index in [-0.39, 0.29) is 11.9 Å². The van der Waals surface area contributed by atoms with Gasteiger partial charge >= 0.3 is 0 Å². The number of hydrogen-bond donors (Lipinski definition) is 0. The number of amides is 1. The second-order valence-electron chi connectivity index (χ2n) is 6.38. The summed E-state index contributed by atoms with van der Waals surface area (Å²) in [7, 11) is -1.82. The van der Waals surface area contributed by atoms with Crippen LogP contribution in [0.2, 0.25) is 18.1 Å². The molecule has 1 aliphatic rings. The molecule has 0 aromatic heterocycles. The lowest BCUT2D eigenvalue weighted by Crippen LogP contribution is -2.53. The molecule has 0 bridgehead atoms. The maximum atomic E-state index is 12.1. The zero-order valence-corrected chi connectivity index (χ0v) is 15.2. The van der Waals surface area contributed by atoms with E-state index in [2.05, 4.69) is 57.2 Å². The van der Waals surface area contributed by atoms with Crippen molar-refractivity contribution in [1.29, 1.82) is 0 Å². The average Bonchev–Trinajstić information content (AvgIpc) is 2.61. The van der Waals surface area contributed by atoms with E-state index >= 15 is 0 Å². The van der Waals surface area contributed by atoms with E-state index in [4.69, 9.17) is 4.53 Å². The Kier molecular flexibility index (Phi) is 4.55. The van der Waals surface area contributed by atoms with E-state index in [1.165, 1.54) is 16.3 Å². The highest BCUT2D eigenvalue weighted by Crippen LogP contribution is 2.39. The monoisotopic (exact) mass is 327 g/mol. The summed E-state index contributed by atoms with van der Waals surface area (Å²) in [6.45, 7) is 6.57. The summed E-state index contributed by atoms with van der Waals surface area (Å²) in [6, 6.07) is 18.0. The molecule has 0 aliphatic carbocycles. The summed E-state index contributed by atoms with van der Waals surface area (Å²) < 4.78 is 6.34. The number of rotatable bonds is 6. The van der Waals surface area contributed by atoms with Gasteiger partial charge in [0.25, 0.3) is 0 Å². The third-order valence-corrected chi connectivity index (χ3v) is 9.73. The predicted octanol–water partition coefficient (Wildman–Crippen LogP) is 5.05. The van der Waals surface area contributed by atoms with Crippen LogP contribution in [-0.4, -0.2) is 19.3 Å². The standard InChI is InChI=1S/C19H25NO2Si/c1-4-23(5-2,6-3)22-20-18(14-19(20)21)17-12-11-15-9-7-8-10-16(15)13-17/h7-13,18H,4-6,14H2,1-3H3. The first-order valence-corrected chi connectivity index (χ1v) is 11.2. The lowest BCUT2D eigenvalue weighted by Gasteiger charge is -2.45. The van der Waals surface area contributed by atoms with Crippen LogP contribution >= 0.6 is 0 Å². The Morgan fingerprint density at radius 1 is 1.04 bits per heavy atom. The van der Waals surface area contributed by atoms with Crippen molar-refractivity contribution in [3.05, 3.63) is 48.0 Å². The van der Waals surface area contributed by atoms with Crippen molar-refractivity contribution in [1.82, 2.24) is 5.06 Å². The van der Waals surface area contributed by atoms with Crippen LogP contribution in [0.4, 0.5) is 0 Å². The van der Waals surface area contributed by atoms with Crippen LogP contribution in [0.25, 0.3) is 10.8 Å². The molecule has 1 unspecified atom stereocenters. The van der Waals surface area contributed by atoms with Gasteiger partial charge in [-0.25, -0.2) is 5.06 Å². The van der Waals surface area contributed by atoms with Crippen LogP contribution in [0.5, 0.6) is 0 Å². The van der Waals surface area contributed by atoms with Crippen molar-refractivity contribution < 1.29 is 9.32 Å². The minimum absolute atomic E-state index is 0.0728. The molecule has 0 radical (unpaired) electrons.